The predicted molar refractivity (Wildman–Crippen MR) is 111 cm³/mol. The lowest BCUT2D eigenvalue weighted by atomic mass is 9.71. The smallest absolute Gasteiger partial charge is 0.341 e. The Morgan fingerprint density at radius 1 is 0.938 bits per heavy atom. The van der Waals surface area contributed by atoms with Crippen LogP contribution in [0.3, 0.4) is 0 Å². The van der Waals surface area contributed by atoms with Gasteiger partial charge in [0.15, 0.2) is 0 Å². The monoisotopic (exact) mass is 445 g/mol. The van der Waals surface area contributed by atoms with Gasteiger partial charge in [0.2, 0.25) is 5.91 Å². The molecule has 1 unspecified atom stereocenters. The van der Waals surface area contributed by atoms with E-state index in [1.54, 1.807) is 38.2 Å². The summed E-state index contributed by atoms with van der Waals surface area (Å²) >= 11 is 0. The number of carbonyl (C=O) groups is 1. The molecule has 1 atom stereocenters. The van der Waals surface area contributed by atoms with Gasteiger partial charge in [0.25, 0.3) is 0 Å². The highest BCUT2D eigenvalue weighted by Crippen LogP contribution is 2.40. The van der Waals surface area contributed by atoms with Gasteiger partial charge in [-0.25, -0.2) is 8.78 Å². The molecule has 1 heterocycles. The van der Waals surface area contributed by atoms with Crippen molar-refractivity contribution in [2.24, 2.45) is 0 Å². The van der Waals surface area contributed by atoms with Crippen molar-refractivity contribution in [2.45, 2.75) is 31.5 Å². The highest BCUT2D eigenvalue weighted by atomic mass is 19.4. The predicted octanol–water partition coefficient (Wildman–Crippen LogP) is 6.12. The maximum absolute atomic E-state index is 13.7. The molecule has 32 heavy (non-hydrogen) atoms. The molecule has 4 rings (SSSR count). The molecule has 1 aliphatic rings. The zero-order chi connectivity index (χ0) is 23.3. The van der Waals surface area contributed by atoms with E-state index in [-0.39, 0.29) is 18.9 Å². The summed E-state index contributed by atoms with van der Waals surface area (Å²) in [7, 11) is 1.63. The Labute approximate surface area is 182 Å². The molecule has 0 aliphatic carbocycles. The largest absolute Gasteiger partial charge is 0.416 e. The van der Waals surface area contributed by atoms with Crippen LogP contribution in [-0.4, -0.2) is 17.9 Å². The number of alkyl halides is 3. The fourth-order valence-electron chi connectivity index (χ4n) is 4.47. The molecule has 0 spiro atoms. The first-order valence-corrected chi connectivity index (χ1v) is 9.99. The number of benzene rings is 3. The molecule has 1 aliphatic heterocycles. The minimum atomic E-state index is -4.45. The van der Waals surface area contributed by atoms with E-state index < -0.39 is 28.8 Å². The summed E-state index contributed by atoms with van der Waals surface area (Å²) in [6, 6.07) is 13.4. The first kappa shape index (κ1) is 22.0. The number of amides is 1. The van der Waals surface area contributed by atoms with Crippen molar-refractivity contribution in [3.8, 4) is 11.1 Å². The quantitative estimate of drug-likeness (QED) is 0.445. The molecule has 2 nitrogen and oxygen atoms in total. The van der Waals surface area contributed by atoms with Gasteiger partial charge >= 0.3 is 6.18 Å². The minimum Gasteiger partial charge on any atom is -0.341 e. The molecule has 0 saturated heterocycles. The Hall–Kier alpha value is -3.22. The van der Waals surface area contributed by atoms with Crippen LogP contribution >= 0.6 is 0 Å². The Bertz CT molecular complexity index is 1180. The molecule has 3 aromatic rings. The van der Waals surface area contributed by atoms with Crippen LogP contribution in [0.5, 0.6) is 0 Å². The van der Waals surface area contributed by atoms with E-state index >= 15 is 0 Å². The molecule has 0 fully saturated rings. The van der Waals surface area contributed by atoms with E-state index in [0.717, 1.165) is 23.8 Å². The molecule has 7 heteroatoms. The zero-order valence-corrected chi connectivity index (χ0v) is 17.4. The summed E-state index contributed by atoms with van der Waals surface area (Å²) in [6.07, 6.45) is -4.36. The number of nitrogens with zero attached hydrogens (tertiary/aromatic N) is 1. The van der Waals surface area contributed by atoms with Crippen molar-refractivity contribution in [2.75, 3.05) is 7.05 Å². The van der Waals surface area contributed by atoms with Crippen molar-refractivity contribution in [1.82, 2.24) is 4.90 Å². The standard InChI is InChI=1S/C25H20F5NO/c1-24(13-15-8-20(26)12-21(27)9-15)22-7-6-17(10-18(22)14-31(2)23(24)32)16-4-3-5-19(11-16)25(28,29)30/h3-12H,13-14H2,1-2H3. The number of rotatable bonds is 3. The molecule has 3 aromatic carbocycles. The summed E-state index contributed by atoms with van der Waals surface area (Å²) in [5.74, 6) is -1.64. The average Bonchev–Trinajstić information content (AvgIpc) is 2.71. The lowest BCUT2D eigenvalue weighted by molar-refractivity contribution is -0.138. The summed E-state index contributed by atoms with van der Waals surface area (Å²) in [5.41, 5.74) is 1.02. The summed E-state index contributed by atoms with van der Waals surface area (Å²) < 4.78 is 66.8. The number of hydrogen-bond acceptors (Lipinski definition) is 1. The van der Waals surface area contributed by atoms with Crippen molar-refractivity contribution in [1.29, 1.82) is 0 Å². The van der Waals surface area contributed by atoms with E-state index in [1.165, 1.54) is 23.1 Å². The van der Waals surface area contributed by atoms with Crippen LogP contribution in [0.15, 0.2) is 60.7 Å². The average molecular weight is 445 g/mol. The van der Waals surface area contributed by atoms with E-state index in [0.29, 0.717) is 22.3 Å². The maximum Gasteiger partial charge on any atom is 0.416 e. The minimum absolute atomic E-state index is 0.0841. The van der Waals surface area contributed by atoms with Crippen LogP contribution in [0.25, 0.3) is 11.1 Å². The molecule has 0 aromatic heterocycles. The normalized spacial score (nSPS) is 18.6. The van der Waals surface area contributed by atoms with Crippen molar-refractivity contribution in [3.63, 3.8) is 0 Å². The molecule has 0 bridgehead atoms. The zero-order valence-electron chi connectivity index (χ0n) is 17.4. The number of halogens is 5. The van der Waals surface area contributed by atoms with Crippen molar-refractivity contribution in [3.05, 3.63) is 94.6 Å². The third-order valence-corrected chi connectivity index (χ3v) is 5.93. The van der Waals surface area contributed by atoms with Gasteiger partial charge in [-0.3, -0.25) is 4.79 Å². The fraction of sp³-hybridized carbons (Fsp3) is 0.240. The van der Waals surface area contributed by atoms with Crippen LogP contribution < -0.4 is 0 Å². The van der Waals surface area contributed by atoms with Crippen LogP contribution in [0, 0.1) is 11.6 Å². The molecule has 1 amide bonds. The summed E-state index contributed by atoms with van der Waals surface area (Å²) in [4.78, 5) is 14.6. The Balaban J connectivity index is 1.77. The molecular weight excluding hydrogens is 425 g/mol. The number of hydrogen-bond donors (Lipinski definition) is 0. The molecular formula is C25H20F5NO. The number of carbonyl (C=O) groups excluding carboxylic acids is 1. The van der Waals surface area contributed by atoms with Gasteiger partial charge in [-0.05, 0) is 71.5 Å². The van der Waals surface area contributed by atoms with E-state index in [4.69, 9.17) is 0 Å². The van der Waals surface area contributed by atoms with Crippen molar-refractivity contribution < 1.29 is 26.7 Å². The summed E-state index contributed by atoms with van der Waals surface area (Å²) in [5, 5.41) is 0. The Morgan fingerprint density at radius 2 is 1.59 bits per heavy atom. The molecule has 0 saturated carbocycles. The highest BCUT2D eigenvalue weighted by Gasteiger charge is 2.42. The lowest BCUT2D eigenvalue weighted by Gasteiger charge is -2.40. The van der Waals surface area contributed by atoms with Gasteiger partial charge in [0.1, 0.15) is 11.6 Å². The second-order valence-corrected chi connectivity index (χ2v) is 8.40. The number of fused-ring (bicyclic) bond motifs is 1. The fourth-order valence-corrected chi connectivity index (χ4v) is 4.47. The first-order chi connectivity index (χ1) is 15.0. The van der Waals surface area contributed by atoms with Gasteiger partial charge in [0, 0.05) is 19.7 Å². The van der Waals surface area contributed by atoms with Gasteiger partial charge in [-0.15, -0.1) is 0 Å². The van der Waals surface area contributed by atoms with E-state index in [9.17, 15) is 26.7 Å². The van der Waals surface area contributed by atoms with Crippen LogP contribution in [0.2, 0.25) is 0 Å². The molecule has 0 radical (unpaired) electrons. The van der Waals surface area contributed by atoms with Gasteiger partial charge in [-0.2, -0.15) is 13.2 Å². The SMILES string of the molecule is CN1Cc2cc(-c3cccc(C(F)(F)F)c3)ccc2C(C)(Cc2cc(F)cc(F)c2)C1=O. The second kappa shape index (κ2) is 7.73. The summed E-state index contributed by atoms with van der Waals surface area (Å²) in [6.45, 7) is 2.00. The third-order valence-electron chi connectivity index (χ3n) is 5.93. The Morgan fingerprint density at radius 3 is 2.25 bits per heavy atom. The van der Waals surface area contributed by atoms with E-state index in [1.807, 2.05) is 0 Å². The Kier molecular flexibility index (Phi) is 5.31. The van der Waals surface area contributed by atoms with Gasteiger partial charge in [-0.1, -0.05) is 24.3 Å². The van der Waals surface area contributed by atoms with Crippen LogP contribution in [0.1, 0.15) is 29.2 Å². The molecule has 166 valence electrons. The third kappa shape index (κ3) is 3.99. The lowest BCUT2D eigenvalue weighted by Crippen LogP contribution is -2.48. The van der Waals surface area contributed by atoms with Gasteiger partial charge in [0.05, 0.1) is 11.0 Å². The van der Waals surface area contributed by atoms with Gasteiger partial charge < -0.3 is 4.90 Å². The topological polar surface area (TPSA) is 20.3 Å². The molecule has 0 N–H and O–H groups in total. The van der Waals surface area contributed by atoms with E-state index in [2.05, 4.69) is 0 Å². The second-order valence-electron chi connectivity index (χ2n) is 8.40. The maximum atomic E-state index is 13.7. The van der Waals surface area contributed by atoms with Crippen LogP contribution in [-0.2, 0) is 29.4 Å². The highest BCUT2D eigenvalue weighted by molar-refractivity contribution is 5.90. The van der Waals surface area contributed by atoms with Crippen LogP contribution in [0.4, 0.5) is 22.0 Å². The first-order valence-electron chi connectivity index (χ1n) is 9.99. The number of likely N-dealkylation sites (N-methyl/N-ethyl adjacent to an activating group) is 1. The van der Waals surface area contributed by atoms with Crippen molar-refractivity contribution >= 4 is 5.91 Å².